The number of rotatable bonds is 34. The summed E-state index contributed by atoms with van der Waals surface area (Å²) in [6.45, 7) is 2.03. The Balaban J connectivity index is 2.42. The quantitative estimate of drug-likeness (QED) is 0.0355. The van der Waals surface area contributed by atoms with E-state index in [0.29, 0.717) is 74.6 Å². The molecule has 0 fully saturated rings. The summed E-state index contributed by atoms with van der Waals surface area (Å²) in [7, 11) is 0. The molecule has 14 nitrogen and oxygen atoms in total. The molecule has 0 aliphatic heterocycles. The number of hydrogen-bond donors (Lipinski definition) is 10. The van der Waals surface area contributed by atoms with Gasteiger partial charge in [0.15, 0.2) is 11.5 Å². The van der Waals surface area contributed by atoms with Crippen LogP contribution in [-0.4, -0.2) is 86.9 Å². The standard InChI is InChI=1S/C38H70N8O6S2/c39-17-9-7-11-29(41)33(47)15-5-1-3-13-31(43)37(49)45-19-21-51-35-23-27(25-53)28(26-54)24-36(35)52-22-20-46-38(50)32(44)14-4-2-6-16-34(48)30(42)12-8-10-18-40/h23-24,29-32,53-54H,1-22,25-26,39-44H2,(H,45,49)(H,46,50)/t29-,30-,31-,32-/m0/s1. The van der Waals surface area contributed by atoms with Crippen LogP contribution >= 0.6 is 25.3 Å². The molecule has 0 aliphatic carbocycles. The van der Waals surface area contributed by atoms with E-state index >= 15 is 0 Å². The second kappa shape index (κ2) is 30.7. The molecule has 4 atom stereocenters. The zero-order valence-electron chi connectivity index (χ0n) is 32.2. The zero-order chi connectivity index (χ0) is 40.1. The fraction of sp³-hybridized carbons (Fsp3) is 0.737. The number of ether oxygens (including phenoxy) is 2. The van der Waals surface area contributed by atoms with E-state index < -0.39 is 24.2 Å². The summed E-state index contributed by atoms with van der Waals surface area (Å²) in [5, 5.41) is 5.63. The number of amides is 2. The second-order valence-electron chi connectivity index (χ2n) is 13.8. The van der Waals surface area contributed by atoms with Crippen LogP contribution in [0.5, 0.6) is 11.5 Å². The van der Waals surface area contributed by atoms with E-state index in [1.54, 1.807) is 0 Å². The van der Waals surface area contributed by atoms with E-state index in [1.807, 2.05) is 12.1 Å². The van der Waals surface area contributed by atoms with Crippen molar-refractivity contribution >= 4 is 48.6 Å². The minimum absolute atomic E-state index is 0.0673. The highest BCUT2D eigenvalue weighted by atomic mass is 32.1. The minimum atomic E-state index is -0.663. The number of carbonyl (C=O) groups is 4. The molecule has 0 spiro atoms. The van der Waals surface area contributed by atoms with Gasteiger partial charge < -0.3 is 54.5 Å². The first kappa shape index (κ1) is 49.6. The van der Waals surface area contributed by atoms with Crippen LogP contribution in [0.25, 0.3) is 0 Å². The average Bonchev–Trinajstić information content (AvgIpc) is 3.17. The molecule has 0 saturated carbocycles. The van der Waals surface area contributed by atoms with Crippen molar-refractivity contribution in [3.05, 3.63) is 23.3 Å². The maximum Gasteiger partial charge on any atom is 0.237 e. The molecule has 0 aliphatic rings. The Hall–Kier alpha value is -2.44. The number of ketones is 2. The first-order valence-electron chi connectivity index (χ1n) is 19.6. The fourth-order valence-electron chi connectivity index (χ4n) is 5.75. The van der Waals surface area contributed by atoms with Crippen LogP contribution in [0.2, 0.25) is 0 Å². The van der Waals surface area contributed by atoms with Gasteiger partial charge in [0, 0.05) is 24.3 Å². The summed E-state index contributed by atoms with van der Waals surface area (Å²) in [5.74, 6) is 1.50. The van der Waals surface area contributed by atoms with Gasteiger partial charge in [-0.3, -0.25) is 19.2 Å². The van der Waals surface area contributed by atoms with Gasteiger partial charge in [0.05, 0.1) is 37.3 Å². The number of carbonyl (C=O) groups excluding carboxylic acids is 4. The van der Waals surface area contributed by atoms with Crippen molar-refractivity contribution in [2.45, 2.75) is 138 Å². The molecular formula is C38H70N8O6S2. The predicted octanol–water partition coefficient (Wildman–Crippen LogP) is 2.14. The van der Waals surface area contributed by atoms with Gasteiger partial charge in [-0.05, 0) is 87.7 Å². The van der Waals surface area contributed by atoms with Crippen LogP contribution in [0.3, 0.4) is 0 Å². The third-order valence-electron chi connectivity index (χ3n) is 9.24. The minimum Gasteiger partial charge on any atom is -0.488 e. The topological polar surface area (TPSA) is 267 Å². The molecule has 0 aromatic heterocycles. The van der Waals surface area contributed by atoms with Crippen LogP contribution in [0.15, 0.2) is 12.1 Å². The smallest absolute Gasteiger partial charge is 0.237 e. The maximum absolute atomic E-state index is 12.6. The molecule has 1 aromatic carbocycles. The van der Waals surface area contributed by atoms with Gasteiger partial charge in [-0.1, -0.05) is 38.5 Å². The van der Waals surface area contributed by atoms with E-state index in [0.717, 1.165) is 75.3 Å². The van der Waals surface area contributed by atoms with Crippen molar-refractivity contribution < 1.29 is 28.7 Å². The number of benzene rings is 1. The second-order valence-corrected chi connectivity index (χ2v) is 14.4. The molecule has 14 N–H and O–H groups in total. The van der Waals surface area contributed by atoms with Crippen molar-refractivity contribution in [2.24, 2.45) is 34.4 Å². The van der Waals surface area contributed by atoms with Gasteiger partial charge in [-0.15, -0.1) is 0 Å². The fourth-order valence-corrected chi connectivity index (χ4v) is 6.34. The lowest BCUT2D eigenvalue weighted by Crippen LogP contribution is -2.42. The first-order valence-corrected chi connectivity index (χ1v) is 20.9. The number of hydrogen-bond acceptors (Lipinski definition) is 14. The summed E-state index contributed by atoms with van der Waals surface area (Å²) >= 11 is 8.87. The van der Waals surface area contributed by atoms with Crippen molar-refractivity contribution in [3.63, 3.8) is 0 Å². The van der Waals surface area contributed by atoms with Gasteiger partial charge in [-0.25, -0.2) is 0 Å². The Morgan fingerprint density at radius 1 is 0.537 bits per heavy atom. The Bertz CT molecular complexity index is 1140. The van der Waals surface area contributed by atoms with Crippen LogP contribution in [0.4, 0.5) is 0 Å². The molecule has 310 valence electrons. The van der Waals surface area contributed by atoms with E-state index in [1.165, 1.54) is 0 Å². The number of nitrogens with one attached hydrogen (secondary N) is 2. The number of thiol groups is 2. The Labute approximate surface area is 333 Å². The normalized spacial score (nSPS) is 13.5. The first-order chi connectivity index (χ1) is 26.0. The van der Waals surface area contributed by atoms with Crippen molar-refractivity contribution in [1.29, 1.82) is 0 Å². The molecule has 2 amide bonds. The molecule has 0 bridgehead atoms. The van der Waals surface area contributed by atoms with Crippen LogP contribution < -0.4 is 54.5 Å². The van der Waals surface area contributed by atoms with Crippen molar-refractivity contribution in [3.8, 4) is 11.5 Å². The van der Waals surface area contributed by atoms with Crippen molar-refractivity contribution in [2.75, 3.05) is 39.4 Å². The monoisotopic (exact) mass is 798 g/mol. The van der Waals surface area contributed by atoms with Crippen molar-refractivity contribution in [1.82, 2.24) is 10.6 Å². The predicted molar refractivity (Wildman–Crippen MR) is 223 cm³/mol. The highest BCUT2D eigenvalue weighted by Crippen LogP contribution is 2.32. The summed E-state index contributed by atoms with van der Waals surface area (Å²) in [5.41, 5.74) is 37.0. The third kappa shape index (κ3) is 21.6. The van der Waals surface area contributed by atoms with Gasteiger partial charge in [0.2, 0.25) is 11.8 Å². The van der Waals surface area contributed by atoms with E-state index in [2.05, 4.69) is 35.9 Å². The number of unbranched alkanes of at least 4 members (excludes halogenated alkanes) is 6. The average molecular weight is 799 g/mol. The molecule has 54 heavy (non-hydrogen) atoms. The van der Waals surface area contributed by atoms with Crippen LogP contribution in [0.1, 0.15) is 114 Å². The van der Waals surface area contributed by atoms with Gasteiger partial charge >= 0.3 is 0 Å². The van der Waals surface area contributed by atoms with Crippen LogP contribution in [0, 0.1) is 0 Å². The summed E-state index contributed by atoms with van der Waals surface area (Å²) in [6, 6.07) is 1.50. The highest BCUT2D eigenvalue weighted by Gasteiger charge is 2.17. The van der Waals surface area contributed by atoms with E-state index in [4.69, 9.17) is 43.9 Å². The number of nitrogens with two attached hydrogens (primary N) is 6. The molecule has 1 aromatic rings. The lowest BCUT2D eigenvalue weighted by molar-refractivity contribution is -0.123. The summed E-state index contributed by atoms with van der Waals surface area (Å²) in [4.78, 5) is 49.5. The lowest BCUT2D eigenvalue weighted by Gasteiger charge is -2.18. The maximum atomic E-state index is 12.6. The zero-order valence-corrected chi connectivity index (χ0v) is 34.0. The molecule has 16 heteroatoms. The summed E-state index contributed by atoms with van der Waals surface area (Å²) < 4.78 is 12.0. The van der Waals surface area contributed by atoms with E-state index in [-0.39, 0.29) is 49.7 Å². The van der Waals surface area contributed by atoms with Gasteiger partial charge in [0.1, 0.15) is 24.8 Å². The largest absolute Gasteiger partial charge is 0.488 e. The summed E-state index contributed by atoms with van der Waals surface area (Å²) in [6.07, 6.45) is 11.1. The Kier molecular flexibility index (Phi) is 28.2. The highest BCUT2D eigenvalue weighted by molar-refractivity contribution is 7.79. The van der Waals surface area contributed by atoms with E-state index in [9.17, 15) is 19.2 Å². The molecule has 0 heterocycles. The molecule has 1 rings (SSSR count). The Morgan fingerprint density at radius 3 is 1.24 bits per heavy atom. The van der Waals surface area contributed by atoms with Gasteiger partial charge in [0.25, 0.3) is 0 Å². The lowest BCUT2D eigenvalue weighted by atomic mass is 10.0. The number of Topliss-reactive ketones (excluding diaryl/α,β-unsaturated/α-hetero) is 2. The molecular weight excluding hydrogens is 729 g/mol. The van der Waals surface area contributed by atoms with Crippen LogP contribution in [-0.2, 0) is 30.7 Å². The SMILES string of the molecule is NCCCC[C@H](N)C(=O)CCCCC[C@H](N)C(=O)NCCOc1cc(CS)c(CS)cc1OCCNC(=O)[C@@H](N)CCCCCC(=O)[C@@H](N)CCCCN. The van der Waals surface area contributed by atoms with Gasteiger partial charge in [-0.2, -0.15) is 25.3 Å². The third-order valence-corrected chi connectivity index (χ3v) is 9.92. The molecule has 0 unspecified atom stereocenters. The molecule has 0 saturated heterocycles. The molecule has 0 radical (unpaired) electrons. The Morgan fingerprint density at radius 2 is 0.889 bits per heavy atom.